The van der Waals surface area contributed by atoms with E-state index in [9.17, 15) is 4.79 Å². The Labute approximate surface area is 158 Å². The largest absolute Gasteiger partial charge is 0.497 e. The van der Waals surface area contributed by atoms with Crippen LogP contribution >= 0.6 is 0 Å². The molecule has 0 amide bonds. The van der Waals surface area contributed by atoms with Gasteiger partial charge in [-0.3, -0.25) is 0 Å². The molecule has 2 heterocycles. The highest BCUT2D eigenvalue weighted by Crippen LogP contribution is 2.27. The van der Waals surface area contributed by atoms with Crippen LogP contribution in [0.4, 0.5) is 5.69 Å². The summed E-state index contributed by atoms with van der Waals surface area (Å²) in [5, 5.41) is 5.03. The van der Waals surface area contributed by atoms with Crippen molar-refractivity contribution in [2.75, 3.05) is 25.1 Å². The van der Waals surface area contributed by atoms with E-state index in [0.29, 0.717) is 23.2 Å². The highest BCUT2D eigenvalue weighted by molar-refractivity contribution is 5.87. The van der Waals surface area contributed by atoms with Gasteiger partial charge in [-0.05, 0) is 61.7 Å². The molecule has 5 heteroatoms. The van der Waals surface area contributed by atoms with E-state index in [4.69, 9.17) is 9.15 Å². The van der Waals surface area contributed by atoms with Crippen LogP contribution in [0.2, 0.25) is 0 Å². The first-order valence-corrected chi connectivity index (χ1v) is 9.27. The minimum atomic E-state index is -0.309. The topological polar surface area (TPSA) is 54.7 Å². The molecule has 140 valence electrons. The van der Waals surface area contributed by atoms with Gasteiger partial charge in [0.05, 0.1) is 12.5 Å². The van der Waals surface area contributed by atoms with Crippen LogP contribution in [0.25, 0.3) is 22.1 Å². The number of ether oxygens (including phenoxy) is 1. The van der Waals surface area contributed by atoms with Crippen LogP contribution in [0.5, 0.6) is 5.75 Å². The SMILES string of the molecule is COc1ccc(-c2cc3ccc(N4C[C@@H](C)N[C@@H](C)C4)cc3c(=O)o2)cc1. The van der Waals surface area contributed by atoms with Crippen LogP contribution in [0.1, 0.15) is 13.8 Å². The Bertz CT molecular complexity index is 1000. The molecule has 1 aliphatic heterocycles. The zero-order chi connectivity index (χ0) is 19.0. The third-order valence-electron chi connectivity index (χ3n) is 5.04. The van der Waals surface area contributed by atoms with Crippen molar-refractivity contribution in [3.05, 3.63) is 59.0 Å². The Morgan fingerprint density at radius 3 is 2.41 bits per heavy atom. The van der Waals surface area contributed by atoms with Crippen LogP contribution < -0.4 is 20.6 Å². The molecule has 4 rings (SSSR count). The van der Waals surface area contributed by atoms with Gasteiger partial charge in [-0.2, -0.15) is 0 Å². The molecule has 3 aromatic rings. The van der Waals surface area contributed by atoms with Gasteiger partial charge >= 0.3 is 5.63 Å². The fourth-order valence-electron chi connectivity index (χ4n) is 3.80. The van der Waals surface area contributed by atoms with Gasteiger partial charge in [0.2, 0.25) is 0 Å². The number of hydrogen-bond donors (Lipinski definition) is 1. The summed E-state index contributed by atoms with van der Waals surface area (Å²) < 4.78 is 10.8. The molecule has 1 aliphatic rings. The molecule has 0 spiro atoms. The van der Waals surface area contributed by atoms with E-state index in [1.54, 1.807) is 7.11 Å². The number of hydrogen-bond acceptors (Lipinski definition) is 5. The molecular weight excluding hydrogens is 340 g/mol. The lowest BCUT2D eigenvalue weighted by Gasteiger charge is -2.37. The number of nitrogens with zero attached hydrogens (tertiary/aromatic N) is 1. The number of nitrogens with one attached hydrogen (secondary N) is 1. The summed E-state index contributed by atoms with van der Waals surface area (Å²) in [6.45, 7) is 6.20. The lowest BCUT2D eigenvalue weighted by Crippen LogP contribution is -2.54. The predicted octanol–water partition coefficient (Wildman–Crippen LogP) is 3.66. The molecule has 2 aromatic carbocycles. The third kappa shape index (κ3) is 3.55. The summed E-state index contributed by atoms with van der Waals surface area (Å²) in [7, 11) is 1.63. The number of methoxy groups -OCH3 is 1. The molecule has 1 fully saturated rings. The molecule has 5 nitrogen and oxygen atoms in total. The van der Waals surface area contributed by atoms with Crippen molar-refractivity contribution in [2.45, 2.75) is 25.9 Å². The molecule has 0 aliphatic carbocycles. The molecular formula is C22H24N2O3. The Kier molecular flexibility index (Phi) is 4.62. The summed E-state index contributed by atoms with van der Waals surface area (Å²) in [5.41, 5.74) is 1.60. The first-order valence-electron chi connectivity index (χ1n) is 9.27. The zero-order valence-corrected chi connectivity index (χ0v) is 15.9. The highest BCUT2D eigenvalue weighted by Gasteiger charge is 2.21. The number of piperazine rings is 1. The van der Waals surface area contributed by atoms with Gasteiger partial charge in [0, 0.05) is 36.4 Å². The van der Waals surface area contributed by atoms with Crippen LogP contribution in [-0.2, 0) is 0 Å². The van der Waals surface area contributed by atoms with Gasteiger partial charge < -0.3 is 19.4 Å². The molecule has 0 bridgehead atoms. The van der Waals surface area contributed by atoms with E-state index >= 15 is 0 Å². The molecule has 0 radical (unpaired) electrons. The van der Waals surface area contributed by atoms with E-state index in [0.717, 1.165) is 35.5 Å². The van der Waals surface area contributed by atoms with Crippen molar-refractivity contribution < 1.29 is 9.15 Å². The Morgan fingerprint density at radius 2 is 1.74 bits per heavy atom. The van der Waals surface area contributed by atoms with Gasteiger partial charge in [0.25, 0.3) is 0 Å². The van der Waals surface area contributed by atoms with Crippen molar-refractivity contribution in [1.82, 2.24) is 5.32 Å². The second-order valence-corrected chi connectivity index (χ2v) is 7.27. The van der Waals surface area contributed by atoms with Crippen molar-refractivity contribution in [3.63, 3.8) is 0 Å². The Balaban J connectivity index is 1.71. The lowest BCUT2D eigenvalue weighted by atomic mass is 10.1. The molecule has 0 saturated carbocycles. The zero-order valence-electron chi connectivity index (χ0n) is 15.9. The normalized spacial score (nSPS) is 20.0. The maximum absolute atomic E-state index is 12.6. The van der Waals surface area contributed by atoms with Crippen LogP contribution in [-0.4, -0.2) is 32.3 Å². The average Bonchev–Trinajstić information content (AvgIpc) is 2.67. The number of anilines is 1. The summed E-state index contributed by atoms with van der Waals surface area (Å²) in [5.74, 6) is 1.33. The third-order valence-corrected chi connectivity index (χ3v) is 5.04. The smallest absolute Gasteiger partial charge is 0.344 e. The Morgan fingerprint density at radius 1 is 1.04 bits per heavy atom. The van der Waals surface area contributed by atoms with Gasteiger partial charge in [0.1, 0.15) is 11.5 Å². The van der Waals surface area contributed by atoms with Crippen LogP contribution in [0, 0.1) is 0 Å². The molecule has 2 atom stereocenters. The van der Waals surface area contributed by atoms with Crippen LogP contribution in [0.3, 0.4) is 0 Å². The van der Waals surface area contributed by atoms with E-state index < -0.39 is 0 Å². The van der Waals surface area contributed by atoms with E-state index in [1.807, 2.05) is 42.5 Å². The summed E-state index contributed by atoms with van der Waals surface area (Å²) >= 11 is 0. The molecule has 0 unspecified atom stereocenters. The molecule has 1 saturated heterocycles. The quantitative estimate of drug-likeness (QED) is 0.769. The predicted molar refractivity (Wildman–Crippen MR) is 109 cm³/mol. The van der Waals surface area contributed by atoms with Crippen molar-refractivity contribution in [1.29, 1.82) is 0 Å². The number of fused-ring (bicyclic) bond motifs is 1. The van der Waals surface area contributed by atoms with Crippen molar-refractivity contribution in [3.8, 4) is 17.1 Å². The summed E-state index contributed by atoms with van der Waals surface area (Å²) in [4.78, 5) is 15.0. The van der Waals surface area contributed by atoms with E-state index in [1.165, 1.54) is 0 Å². The minimum absolute atomic E-state index is 0.309. The molecule has 1 N–H and O–H groups in total. The lowest BCUT2D eigenvalue weighted by molar-refractivity contribution is 0.407. The van der Waals surface area contributed by atoms with Gasteiger partial charge in [-0.25, -0.2) is 4.79 Å². The Hall–Kier alpha value is -2.79. The molecule has 1 aromatic heterocycles. The fraction of sp³-hybridized carbons (Fsp3) is 0.318. The van der Waals surface area contributed by atoms with Crippen molar-refractivity contribution >= 4 is 16.5 Å². The monoisotopic (exact) mass is 364 g/mol. The van der Waals surface area contributed by atoms with E-state index in [-0.39, 0.29) is 5.63 Å². The van der Waals surface area contributed by atoms with Crippen molar-refractivity contribution in [2.24, 2.45) is 0 Å². The van der Waals surface area contributed by atoms with Gasteiger partial charge in [-0.15, -0.1) is 0 Å². The number of benzene rings is 2. The second-order valence-electron chi connectivity index (χ2n) is 7.27. The standard InChI is InChI=1S/C22H24N2O3/c1-14-12-24(13-15(2)23-14)18-7-4-17-10-21(27-22(25)20(17)11-18)16-5-8-19(26-3)9-6-16/h4-11,14-15,23H,12-13H2,1-3H3/t14-,15+. The highest BCUT2D eigenvalue weighted by atomic mass is 16.5. The molecule has 27 heavy (non-hydrogen) atoms. The number of rotatable bonds is 3. The second kappa shape index (κ2) is 7.08. The maximum atomic E-state index is 12.6. The summed E-state index contributed by atoms with van der Waals surface area (Å²) in [6, 6.07) is 16.3. The maximum Gasteiger partial charge on any atom is 0.344 e. The van der Waals surface area contributed by atoms with Crippen LogP contribution in [0.15, 0.2) is 57.7 Å². The van der Waals surface area contributed by atoms with E-state index in [2.05, 4.69) is 30.1 Å². The first kappa shape index (κ1) is 17.6. The fourth-order valence-corrected chi connectivity index (χ4v) is 3.80. The first-order chi connectivity index (χ1) is 13.0. The average molecular weight is 364 g/mol. The van der Waals surface area contributed by atoms with Gasteiger partial charge in [-0.1, -0.05) is 6.07 Å². The summed E-state index contributed by atoms with van der Waals surface area (Å²) in [6.07, 6.45) is 0. The minimum Gasteiger partial charge on any atom is -0.497 e. The van der Waals surface area contributed by atoms with Gasteiger partial charge in [0.15, 0.2) is 0 Å².